The normalized spacial score (nSPS) is 21.7. The maximum atomic E-state index is 13.8. The molecular formula is C29H41ClF2I2N4O4. The first-order chi connectivity index (χ1) is 19.4. The average molecular weight is 837 g/mol. The highest BCUT2D eigenvalue weighted by Gasteiger charge is 2.37. The summed E-state index contributed by atoms with van der Waals surface area (Å²) in [6.45, 7) is 12.3. The molecule has 0 aliphatic carbocycles. The molecule has 1 amide bonds. The van der Waals surface area contributed by atoms with Crippen molar-refractivity contribution in [3.8, 4) is 11.5 Å². The Balaban J connectivity index is 0.000000302. The van der Waals surface area contributed by atoms with Gasteiger partial charge in [-0.1, -0.05) is 26.7 Å². The molecule has 0 spiro atoms. The quantitative estimate of drug-likeness (QED) is 0.222. The smallest absolute Gasteiger partial charge is 0.410 e. The lowest BCUT2D eigenvalue weighted by molar-refractivity contribution is 0.0181. The molecule has 0 bridgehead atoms. The van der Waals surface area contributed by atoms with E-state index >= 15 is 0 Å². The second kappa shape index (κ2) is 17.3. The number of amides is 1. The predicted octanol–water partition coefficient (Wildman–Crippen LogP) is 7.25. The van der Waals surface area contributed by atoms with E-state index in [2.05, 4.69) is 51.7 Å². The Hall–Kier alpha value is -1.26. The number of hydrogen-bond donors (Lipinski definition) is 1. The Morgan fingerprint density at radius 3 is 2.00 bits per heavy atom. The first kappa shape index (κ1) is 36.9. The molecule has 8 nitrogen and oxygen atoms in total. The average Bonchev–Trinajstić information content (AvgIpc) is 3.54. The summed E-state index contributed by atoms with van der Waals surface area (Å²) in [5.41, 5.74) is -0.544. The molecule has 2 aromatic heterocycles. The number of carbonyl (C=O) groups excluding carboxylic acids is 1. The van der Waals surface area contributed by atoms with E-state index < -0.39 is 17.5 Å². The molecule has 42 heavy (non-hydrogen) atoms. The lowest BCUT2D eigenvalue weighted by Crippen LogP contribution is -2.42. The molecule has 4 atom stereocenters. The standard InChI is InChI=1S/C17H24FIN2O3.C12H16FIN2O.ClH/c1-5-11-8-12(21(9-11)16(22)24-17(2,3)4)10-23-14-13(19)6-7-20-15(14)18;1-2-8-5-9(16-6-8)7-17-11-10(14)3-4-15-12(11)13;/h6-7,11-12H,5,8-10H2,1-4H3;3-4,8-9,16H,2,5-7H2,1H3;1H/t11?,12-;8?,9-;/m00./s1. The Bertz CT molecular complexity index is 1120. The van der Waals surface area contributed by atoms with E-state index in [9.17, 15) is 13.6 Å². The maximum absolute atomic E-state index is 13.8. The summed E-state index contributed by atoms with van der Waals surface area (Å²) in [6, 6.07) is 3.64. The topological polar surface area (TPSA) is 85.8 Å². The molecule has 4 heterocycles. The summed E-state index contributed by atoms with van der Waals surface area (Å²) in [5, 5.41) is 3.40. The van der Waals surface area contributed by atoms with Crippen LogP contribution in [0.3, 0.4) is 0 Å². The number of ether oxygens (including phenoxy) is 3. The van der Waals surface area contributed by atoms with Crippen LogP contribution in [0.5, 0.6) is 11.5 Å². The Morgan fingerprint density at radius 1 is 0.976 bits per heavy atom. The molecule has 236 valence electrons. The van der Waals surface area contributed by atoms with E-state index in [1.807, 2.05) is 43.4 Å². The molecule has 0 saturated carbocycles. The Kier molecular flexibility index (Phi) is 15.2. The molecule has 2 aromatic rings. The molecule has 2 fully saturated rings. The highest BCUT2D eigenvalue weighted by Crippen LogP contribution is 2.30. The van der Waals surface area contributed by atoms with Crippen LogP contribution in [0.1, 0.15) is 60.3 Å². The van der Waals surface area contributed by atoms with Crippen molar-refractivity contribution in [2.24, 2.45) is 11.8 Å². The SMILES string of the molecule is CCC1CN[C@H](COc2c(I)ccnc2F)C1.CCC1C[C@@H](COc2c(I)ccnc2F)N(C(=O)OC(C)(C)C)C1.Cl. The third-order valence-electron chi connectivity index (χ3n) is 7.07. The zero-order valence-electron chi connectivity index (χ0n) is 24.7. The van der Waals surface area contributed by atoms with Crippen molar-refractivity contribution in [3.05, 3.63) is 43.6 Å². The van der Waals surface area contributed by atoms with E-state index in [4.69, 9.17) is 14.2 Å². The molecule has 4 rings (SSSR count). The van der Waals surface area contributed by atoms with Crippen LogP contribution in [0.15, 0.2) is 24.5 Å². The van der Waals surface area contributed by atoms with Crippen LogP contribution in [0.2, 0.25) is 0 Å². The summed E-state index contributed by atoms with van der Waals surface area (Å²) < 4.78 is 45.3. The van der Waals surface area contributed by atoms with Crippen molar-refractivity contribution in [2.45, 2.75) is 78.0 Å². The highest BCUT2D eigenvalue weighted by molar-refractivity contribution is 14.1. The van der Waals surface area contributed by atoms with Gasteiger partial charge in [0.05, 0.1) is 13.2 Å². The number of nitrogens with zero attached hydrogens (tertiary/aromatic N) is 3. The van der Waals surface area contributed by atoms with Gasteiger partial charge in [-0.3, -0.25) is 0 Å². The summed E-state index contributed by atoms with van der Waals surface area (Å²) in [6.07, 6.45) is 6.61. The van der Waals surface area contributed by atoms with Crippen molar-refractivity contribution in [3.63, 3.8) is 0 Å². The number of pyridine rings is 2. The van der Waals surface area contributed by atoms with Crippen molar-refractivity contribution >= 4 is 63.7 Å². The fourth-order valence-electron chi connectivity index (χ4n) is 4.77. The number of hydrogen-bond acceptors (Lipinski definition) is 7. The van der Waals surface area contributed by atoms with Crippen molar-refractivity contribution in [1.82, 2.24) is 20.2 Å². The largest absolute Gasteiger partial charge is 0.486 e. The summed E-state index contributed by atoms with van der Waals surface area (Å²) in [5.74, 6) is 0.389. The van der Waals surface area contributed by atoms with Gasteiger partial charge in [0.15, 0.2) is 11.5 Å². The van der Waals surface area contributed by atoms with Gasteiger partial charge in [0, 0.05) is 25.0 Å². The molecule has 2 aliphatic rings. The minimum atomic E-state index is -0.629. The van der Waals surface area contributed by atoms with Crippen molar-refractivity contribution in [2.75, 3.05) is 26.3 Å². The van der Waals surface area contributed by atoms with Crippen LogP contribution >= 0.6 is 57.6 Å². The second-order valence-electron chi connectivity index (χ2n) is 11.4. The molecule has 1 N–H and O–H groups in total. The van der Waals surface area contributed by atoms with Gasteiger partial charge in [0.1, 0.15) is 18.8 Å². The number of halogens is 5. The van der Waals surface area contributed by atoms with Crippen LogP contribution in [0.25, 0.3) is 0 Å². The molecular weight excluding hydrogens is 796 g/mol. The van der Waals surface area contributed by atoms with E-state index in [1.165, 1.54) is 18.8 Å². The number of rotatable bonds is 8. The first-order valence-electron chi connectivity index (χ1n) is 14.0. The second-order valence-corrected chi connectivity index (χ2v) is 13.7. The number of carbonyl (C=O) groups is 1. The molecule has 0 radical (unpaired) electrons. The van der Waals surface area contributed by atoms with Crippen LogP contribution in [-0.2, 0) is 4.74 Å². The van der Waals surface area contributed by atoms with E-state index in [1.54, 1.807) is 17.0 Å². The molecule has 2 unspecified atom stereocenters. The lowest BCUT2D eigenvalue weighted by Gasteiger charge is -2.28. The van der Waals surface area contributed by atoms with Gasteiger partial charge >= 0.3 is 6.09 Å². The van der Waals surface area contributed by atoms with Crippen molar-refractivity contribution in [1.29, 1.82) is 0 Å². The fraction of sp³-hybridized carbons (Fsp3) is 0.621. The van der Waals surface area contributed by atoms with Crippen molar-refractivity contribution < 1.29 is 27.8 Å². The molecule has 2 saturated heterocycles. The first-order valence-corrected chi connectivity index (χ1v) is 16.2. The third kappa shape index (κ3) is 11.0. The van der Waals surface area contributed by atoms with Crippen LogP contribution < -0.4 is 14.8 Å². The van der Waals surface area contributed by atoms with Gasteiger partial charge < -0.3 is 24.4 Å². The zero-order chi connectivity index (χ0) is 30.2. The minimum absolute atomic E-state index is 0. The predicted molar refractivity (Wildman–Crippen MR) is 177 cm³/mol. The molecule has 2 aliphatic heterocycles. The summed E-state index contributed by atoms with van der Waals surface area (Å²) in [7, 11) is 0. The van der Waals surface area contributed by atoms with Gasteiger partial charge in [0.25, 0.3) is 11.9 Å². The van der Waals surface area contributed by atoms with Gasteiger partial charge in [-0.05, 0) is 109 Å². The van der Waals surface area contributed by atoms with E-state index in [0.29, 0.717) is 28.7 Å². The number of aromatic nitrogens is 2. The van der Waals surface area contributed by atoms with Crippen LogP contribution in [0, 0.1) is 30.9 Å². The number of nitrogens with one attached hydrogen (secondary N) is 1. The summed E-state index contributed by atoms with van der Waals surface area (Å²) >= 11 is 4.07. The van der Waals surface area contributed by atoms with Gasteiger partial charge in [-0.25, -0.2) is 14.8 Å². The monoisotopic (exact) mass is 836 g/mol. The lowest BCUT2D eigenvalue weighted by atomic mass is 10.0. The fourth-order valence-corrected chi connectivity index (χ4v) is 5.85. The number of likely N-dealkylation sites (tertiary alicyclic amines) is 1. The minimum Gasteiger partial charge on any atom is -0.486 e. The van der Waals surface area contributed by atoms with Gasteiger partial charge in [-0.2, -0.15) is 8.78 Å². The zero-order valence-corrected chi connectivity index (χ0v) is 29.8. The maximum Gasteiger partial charge on any atom is 0.410 e. The van der Waals surface area contributed by atoms with E-state index in [0.717, 1.165) is 35.3 Å². The van der Waals surface area contributed by atoms with Gasteiger partial charge in [0.2, 0.25) is 0 Å². The Labute approximate surface area is 281 Å². The summed E-state index contributed by atoms with van der Waals surface area (Å²) in [4.78, 5) is 21.4. The van der Waals surface area contributed by atoms with Crippen LogP contribution in [-0.4, -0.2) is 64.9 Å². The molecule has 13 heteroatoms. The third-order valence-corrected chi connectivity index (χ3v) is 8.77. The van der Waals surface area contributed by atoms with E-state index in [-0.39, 0.29) is 42.6 Å². The van der Waals surface area contributed by atoms with Gasteiger partial charge in [-0.15, -0.1) is 12.4 Å². The highest BCUT2D eigenvalue weighted by atomic mass is 127. The Morgan fingerprint density at radius 2 is 1.52 bits per heavy atom. The van der Waals surface area contributed by atoms with Crippen LogP contribution in [0.4, 0.5) is 13.6 Å². The molecule has 0 aromatic carbocycles.